The van der Waals surface area contributed by atoms with Crippen molar-refractivity contribution in [1.29, 1.82) is 0 Å². The number of hydrogen-bond donors (Lipinski definition) is 0. The van der Waals surface area contributed by atoms with Gasteiger partial charge >= 0.3 is 0 Å². The zero-order chi connectivity index (χ0) is 14.8. The SMILES string of the molecule is c1ccc2c(C[C@H]3CCN(Cc4cncs4)C3)ccnc2c1. The van der Waals surface area contributed by atoms with Gasteiger partial charge in [0.15, 0.2) is 0 Å². The van der Waals surface area contributed by atoms with Crippen molar-refractivity contribution in [3.63, 3.8) is 0 Å². The van der Waals surface area contributed by atoms with E-state index in [1.54, 1.807) is 11.3 Å². The molecule has 1 aliphatic heterocycles. The van der Waals surface area contributed by atoms with Crippen LogP contribution >= 0.6 is 11.3 Å². The van der Waals surface area contributed by atoms with Gasteiger partial charge < -0.3 is 0 Å². The first kappa shape index (κ1) is 13.9. The van der Waals surface area contributed by atoms with Crippen molar-refractivity contribution in [3.05, 3.63) is 58.7 Å². The molecule has 0 aliphatic carbocycles. The molecule has 4 heteroatoms. The van der Waals surface area contributed by atoms with Gasteiger partial charge in [-0.15, -0.1) is 11.3 Å². The highest BCUT2D eigenvalue weighted by atomic mass is 32.1. The Bertz CT molecular complexity index is 749. The Morgan fingerprint density at radius 1 is 1.23 bits per heavy atom. The number of rotatable bonds is 4. The summed E-state index contributed by atoms with van der Waals surface area (Å²) in [6, 6.07) is 10.7. The van der Waals surface area contributed by atoms with Crippen LogP contribution in [0.2, 0.25) is 0 Å². The molecular formula is C18H19N3S. The highest BCUT2D eigenvalue weighted by Gasteiger charge is 2.23. The number of likely N-dealkylation sites (tertiary alicyclic amines) is 1. The zero-order valence-corrected chi connectivity index (χ0v) is 13.3. The molecule has 112 valence electrons. The van der Waals surface area contributed by atoms with E-state index in [1.807, 2.05) is 17.9 Å². The number of nitrogens with zero attached hydrogens (tertiary/aromatic N) is 3. The van der Waals surface area contributed by atoms with Crippen LogP contribution in [-0.2, 0) is 13.0 Å². The minimum Gasteiger partial charge on any atom is -0.298 e. The fourth-order valence-corrected chi connectivity index (χ4v) is 4.04. The lowest BCUT2D eigenvalue weighted by molar-refractivity contribution is 0.319. The summed E-state index contributed by atoms with van der Waals surface area (Å²) in [5.74, 6) is 0.749. The smallest absolute Gasteiger partial charge is 0.0794 e. The molecule has 0 bridgehead atoms. The molecule has 3 nitrogen and oxygen atoms in total. The molecule has 0 saturated carbocycles. The van der Waals surface area contributed by atoms with Crippen LogP contribution in [-0.4, -0.2) is 28.0 Å². The largest absolute Gasteiger partial charge is 0.298 e. The molecule has 1 fully saturated rings. The van der Waals surface area contributed by atoms with Gasteiger partial charge in [-0.05, 0) is 43.0 Å². The van der Waals surface area contributed by atoms with Gasteiger partial charge in [0.25, 0.3) is 0 Å². The second-order valence-electron chi connectivity index (χ2n) is 6.05. The molecule has 0 unspecified atom stereocenters. The van der Waals surface area contributed by atoms with Gasteiger partial charge in [-0.3, -0.25) is 14.9 Å². The molecule has 0 amide bonds. The summed E-state index contributed by atoms with van der Waals surface area (Å²) in [6.07, 6.45) is 6.38. The Kier molecular flexibility index (Phi) is 3.87. The molecule has 0 N–H and O–H groups in total. The molecular weight excluding hydrogens is 290 g/mol. The summed E-state index contributed by atoms with van der Waals surface area (Å²) < 4.78 is 0. The van der Waals surface area contributed by atoms with Crippen molar-refractivity contribution in [1.82, 2.24) is 14.9 Å². The van der Waals surface area contributed by atoms with Gasteiger partial charge in [0.1, 0.15) is 0 Å². The zero-order valence-electron chi connectivity index (χ0n) is 12.5. The molecule has 1 aliphatic rings. The highest BCUT2D eigenvalue weighted by Crippen LogP contribution is 2.26. The lowest BCUT2D eigenvalue weighted by Gasteiger charge is -2.15. The average molecular weight is 309 g/mol. The molecule has 1 saturated heterocycles. The van der Waals surface area contributed by atoms with E-state index >= 15 is 0 Å². The summed E-state index contributed by atoms with van der Waals surface area (Å²) >= 11 is 1.76. The van der Waals surface area contributed by atoms with E-state index in [1.165, 1.54) is 35.3 Å². The molecule has 2 aromatic heterocycles. The molecule has 0 radical (unpaired) electrons. The van der Waals surface area contributed by atoms with Crippen molar-refractivity contribution in [3.8, 4) is 0 Å². The van der Waals surface area contributed by atoms with Crippen molar-refractivity contribution in [2.75, 3.05) is 13.1 Å². The molecule has 0 spiro atoms. The Balaban J connectivity index is 1.45. The van der Waals surface area contributed by atoms with Crippen molar-refractivity contribution >= 4 is 22.2 Å². The summed E-state index contributed by atoms with van der Waals surface area (Å²) in [5, 5.41) is 1.31. The predicted molar refractivity (Wildman–Crippen MR) is 90.9 cm³/mol. The van der Waals surface area contributed by atoms with Gasteiger partial charge in [0.2, 0.25) is 0 Å². The van der Waals surface area contributed by atoms with Crippen LogP contribution < -0.4 is 0 Å². The van der Waals surface area contributed by atoms with E-state index in [0.717, 1.165) is 24.4 Å². The topological polar surface area (TPSA) is 29.0 Å². The number of aromatic nitrogens is 2. The first-order valence-corrected chi connectivity index (χ1v) is 8.69. The van der Waals surface area contributed by atoms with Crippen LogP contribution in [0.3, 0.4) is 0 Å². The van der Waals surface area contributed by atoms with Crippen LogP contribution in [0.1, 0.15) is 16.9 Å². The summed E-state index contributed by atoms with van der Waals surface area (Å²) in [7, 11) is 0. The van der Waals surface area contributed by atoms with Gasteiger partial charge in [0.05, 0.1) is 11.0 Å². The number of thiazole rings is 1. The van der Waals surface area contributed by atoms with Crippen molar-refractivity contribution < 1.29 is 0 Å². The average Bonchev–Trinajstić information content (AvgIpc) is 3.20. The minimum atomic E-state index is 0.749. The summed E-state index contributed by atoms with van der Waals surface area (Å²) in [5.41, 5.74) is 4.47. The first-order chi connectivity index (χ1) is 10.9. The van der Waals surface area contributed by atoms with E-state index in [4.69, 9.17) is 0 Å². The van der Waals surface area contributed by atoms with Crippen LogP contribution in [0.4, 0.5) is 0 Å². The predicted octanol–water partition coefficient (Wildman–Crippen LogP) is 3.76. The second kappa shape index (κ2) is 6.15. The standard InChI is InChI=1S/C18H19N3S/c1-2-4-18-17(3-1)15(5-7-20-18)9-14-6-8-21(11-14)12-16-10-19-13-22-16/h1-5,7,10,13-14H,6,8-9,11-12H2/t14-/m1/s1. The molecule has 3 heterocycles. The first-order valence-electron chi connectivity index (χ1n) is 7.81. The molecule has 22 heavy (non-hydrogen) atoms. The van der Waals surface area contributed by atoms with Crippen LogP contribution in [0.15, 0.2) is 48.2 Å². The van der Waals surface area contributed by atoms with E-state index in [-0.39, 0.29) is 0 Å². The Hall–Kier alpha value is -1.78. The molecule has 4 rings (SSSR count). The lowest BCUT2D eigenvalue weighted by Crippen LogP contribution is -2.20. The number of para-hydroxylation sites is 1. The van der Waals surface area contributed by atoms with E-state index in [0.29, 0.717) is 0 Å². The van der Waals surface area contributed by atoms with Crippen LogP contribution in [0.25, 0.3) is 10.9 Å². The van der Waals surface area contributed by atoms with E-state index < -0.39 is 0 Å². The normalized spacial score (nSPS) is 19.0. The number of pyridine rings is 1. The third-order valence-corrected chi connectivity index (χ3v) is 5.25. The third kappa shape index (κ3) is 2.89. The summed E-state index contributed by atoms with van der Waals surface area (Å²) in [6.45, 7) is 3.44. The fraction of sp³-hybridized carbons (Fsp3) is 0.333. The second-order valence-corrected chi connectivity index (χ2v) is 7.02. The maximum absolute atomic E-state index is 4.47. The third-order valence-electron chi connectivity index (χ3n) is 4.48. The summed E-state index contributed by atoms with van der Waals surface area (Å²) in [4.78, 5) is 12.6. The van der Waals surface area contributed by atoms with Gasteiger partial charge in [0, 0.05) is 35.7 Å². The molecule has 3 aromatic rings. The van der Waals surface area contributed by atoms with E-state index in [2.05, 4.69) is 45.2 Å². The number of benzene rings is 1. The Morgan fingerprint density at radius 3 is 3.09 bits per heavy atom. The maximum atomic E-state index is 4.47. The van der Waals surface area contributed by atoms with Gasteiger partial charge in [-0.1, -0.05) is 18.2 Å². The van der Waals surface area contributed by atoms with Crippen LogP contribution in [0, 0.1) is 5.92 Å². The van der Waals surface area contributed by atoms with Crippen LogP contribution in [0.5, 0.6) is 0 Å². The van der Waals surface area contributed by atoms with Gasteiger partial charge in [-0.2, -0.15) is 0 Å². The Morgan fingerprint density at radius 2 is 2.18 bits per heavy atom. The molecule has 1 atom stereocenters. The highest BCUT2D eigenvalue weighted by molar-refractivity contribution is 7.09. The number of hydrogen-bond acceptors (Lipinski definition) is 4. The van der Waals surface area contributed by atoms with Gasteiger partial charge in [-0.25, -0.2) is 0 Å². The fourth-order valence-electron chi connectivity index (χ4n) is 3.41. The Labute approximate surface area is 134 Å². The maximum Gasteiger partial charge on any atom is 0.0794 e. The number of fused-ring (bicyclic) bond motifs is 1. The van der Waals surface area contributed by atoms with Crippen molar-refractivity contribution in [2.24, 2.45) is 5.92 Å². The van der Waals surface area contributed by atoms with Crippen molar-refractivity contribution in [2.45, 2.75) is 19.4 Å². The minimum absolute atomic E-state index is 0.749. The van der Waals surface area contributed by atoms with E-state index in [9.17, 15) is 0 Å². The lowest BCUT2D eigenvalue weighted by atomic mass is 9.96. The monoisotopic (exact) mass is 309 g/mol. The molecule has 1 aromatic carbocycles. The quantitative estimate of drug-likeness (QED) is 0.735.